The predicted octanol–water partition coefficient (Wildman–Crippen LogP) is 4.11. The Balaban J connectivity index is 0.00000121. The molecule has 0 aromatic carbocycles. The van der Waals surface area contributed by atoms with Crippen molar-refractivity contribution in [3.05, 3.63) is 29.0 Å². The van der Waals surface area contributed by atoms with Crippen LogP contribution in [0.2, 0.25) is 5.15 Å². The number of halogens is 3. The van der Waals surface area contributed by atoms with Crippen LogP contribution in [0.25, 0.3) is 0 Å². The zero-order valence-corrected chi connectivity index (χ0v) is 15.2. The van der Waals surface area contributed by atoms with Crippen molar-refractivity contribution in [2.45, 2.75) is 38.1 Å². The quantitative estimate of drug-likeness (QED) is 0.816. The summed E-state index contributed by atoms with van der Waals surface area (Å²) < 4.78 is 0. The molecule has 6 heteroatoms. The monoisotopic (exact) mass is 365 g/mol. The lowest BCUT2D eigenvalue weighted by molar-refractivity contribution is 0.103. The molecule has 0 amide bonds. The molecular formula is C16H26Cl3N3. The molecule has 3 rings (SSSR count). The molecule has 1 saturated heterocycles. The number of hydrogen-bond donors (Lipinski definition) is 1. The van der Waals surface area contributed by atoms with E-state index in [0.717, 1.165) is 32.1 Å². The van der Waals surface area contributed by atoms with E-state index in [-0.39, 0.29) is 24.8 Å². The number of hydrogen-bond acceptors (Lipinski definition) is 3. The van der Waals surface area contributed by atoms with E-state index in [4.69, 9.17) is 11.6 Å². The highest BCUT2D eigenvalue weighted by molar-refractivity contribution is 6.30. The summed E-state index contributed by atoms with van der Waals surface area (Å²) in [7, 11) is 0. The third-order valence-electron chi connectivity index (χ3n) is 4.75. The van der Waals surface area contributed by atoms with Crippen molar-refractivity contribution in [1.82, 2.24) is 15.2 Å². The first kappa shape index (κ1) is 20.0. The summed E-state index contributed by atoms with van der Waals surface area (Å²) in [6, 6.07) is 4.66. The number of pyridine rings is 1. The highest BCUT2D eigenvalue weighted by Crippen LogP contribution is 2.40. The Bertz CT molecular complexity index is 414. The van der Waals surface area contributed by atoms with Crippen LogP contribution in [-0.4, -0.2) is 36.1 Å². The van der Waals surface area contributed by atoms with E-state index >= 15 is 0 Å². The maximum absolute atomic E-state index is 6.40. The van der Waals surface area contributed by atoms with Gasteiger partial charge in [0.25, 0.3) is 0 Å². The summed E-state index contributed by atoms with van der Waals surface area (Å²) in [6.07, 6.45) is 8.59. The van der Waals surface area contributed by atoms with Gasteiger partial charge in [0.15, 0.2) is 0 Å². The summed E-state index contributed by atoms with van der Waals surface area (Å²) in [5.74, 6) is 0.739. The second-order valence-electron chi connectivity index (χ2n) is 6.01. The van der Waals surface area contributed by atoms with Gasteiger partial charge in [0, 0.05) is 44.0 Å². The first-order valence-corrected chi connectivity index (χ1v) is 8.29. The smallest absolute Gasteiger partial charge is 0.133 e. The zero-order valence-electron chi connectivity index (χ0n) is 12.8. The molecule has 1 aromatic rings. The predicted molar refractivity (Wildman–Crippen MR) is 97.5 cm³/mol. The Kier molecular flexibility index (Phi) is 9.03. The van der Waals surface area contributed by atoms with Crippen LogP contribution in [0, 0.1) is 5.92 Å². The molecule has 3 nitrogen and oxygen atoms in total. The van der Waals surface area contributed by atoms with Gasteiger partial charge in [-0.05, 0) is 24.8 Å². The summed E-state index contributed by atoms with van der Waals surface area (Å²) in [5.41, 5.74) is 1.24. The molecule has 22 heavy (non-hydrogen) atoms. The molecule has 1 aliphatic heterocycles. The summed E-state index contributed by atoms with van der Waals surface area (Å²) in [6.45, 7) is 4.40. The van der Waals surface area contributed by atoms with Gasteiger partial charge in [0.05, 0.1) is 0 Å². The van der Waals surface area contributed by atoms with Gasteiger partial charge in [-0.1, -0.05) is 36.9 Å². The molecule has 0 radical (unpaired) electrons. The van der Waals surface area contributed by atoms with E-state index in [2.05, 4.69) is 21.3 Å². The van der Waals surface area contributed by atoms with Gasteiger partial charge in [-0.25, -0.2) is 4.98 Å². The highest BCUT2D eigenvalue weighted by atomic mass is 35.5. The topological polar surface area (TPSA) is 28.2 Å². The van der Waals surface area contributed by atoms with E-state index in [1.807, 2.05) is 6.07 Å². The van der Waals surface area contributed by atoms with E-state index in [9.17, 15) is 0 Å². The third kappa shape index (κ3) is 4.72. The fourth-order valence-corrected chi connectivity index (χ4v) is 4.01. The molecule has 1 saturated carbocycles. The Morgan fingerprint density at radius 3 is 2.45 bits per heavy atom. The number of nitrogens with zero attached hydrogens (tertiary/aromatic N) is 2. The zero-order chi connectivity index (χ0) is 13.8. The molecule has 0 bridgehead atoms. The summed E-state index contributed by atoms with van der Waals surface area (Å²) >= 11 is 6.40. The molecule has 2 aliphatic rings. The number of piperazine rings is 1. The molecule has 2 fully saturated rings. The lowest BCUT2D eigenvalue weighted by atomic mass is 9.80. The first-order valence-electron chi connectivity index (χ1n) is 7.91. The normalized spacial score (nSPS) is 21.5. The minimum atomic E-state index is 0. The summed E-state index contributed by atoms with van der Waals surface area (Å²) in [4.78, 5) is 6.93. The van der Waals surface area contributed by atoms with Crippen LogP contribution >= 0.6 is 36.4 Å². The van der Waals surface area contributed by atoms with Crippen LogP contribution < -0.4 is 5.32 Å². The van der Waals surface area contributed by atoms with Crippen LogP contribution in [0.15, 0.2) is 18.3 Å². The van der Waals surface area contributed by atoms with Crippen LogP contribution in [-0.2, 0) is 0 Å². The lowest BCUT2D eigenvalue weighted by Crippen LogP contribution is -2.47. The summed E-state index contributed by atoms with van der Waals surface area (Å²) in [5, 5.41) is 4.14. The molecule has 1 aromatic heterocycles. The maximum Gasteiger partial charge on any atom is 0.133 e. The molecule has 1 N–H and O–H groups in total. The van der Waals surface area contributed by atoms with Crippen molar-refractivity contribution in [3.8, 4) is 0 Å². The Hall–Kier alpha value is -0.0600. The minimum absolute atomic E-state index is 0. The van der Waals surface area contributed by atoms with Crippen LogP contribution in [0.3, 0.4) is 0 Å². The van der Waals surface area contributed by atoms with Crippen molar-refractivity contribution in [3.63, 3.8) is 0 Å². The number of nitrogens with one attached hydrogen (secondary N) is 1. The lowest BCUT2D eigenvalue weighted by Gasteiger charge is -2.41. The Morgan fingerprint density at radius 1 is 1.14 bits per heavy atom. The van der Waals surface area contributed by atoms with E-state index in [1.165, 1.54) is 37.7 Å². The third-order valence-corrected chi connectivity index (χ3v) is 5.06. The first-order chi connectivity index (χ1) is 9.86. The fraction of sp³-hybridized carbons (Fsp3) is 0.688. The second-order valence-corrected chi connectivity index (χ2v) is 6.37. The average molecular weight is 367 g/mol. The van der Waals surface area contributed by atoms with Crippen LogP contribution in [0.1, 0.15) is 43.7 Å². The minimum Gasteiger partial charge on any atom is -0.314 e. The van der Waals surface area contributed by atoms with Gasteiger partial charge in [0.2, 0.25) is 0 Å². The van der Waals surface area contributed by atoms with Gasteiger partial charge in [-0.3, -0.25) is 4.90 Å². The van der Waals surface area contributed by atoms with Crippen molar-refractivity contribution in [2.24, 2.45) is 5.92 Å². The second kappa shape index (κ2) is 9.94. The molecular weight excluding hydrogens is 341 g/mol. The molecule has 1 aliphatic carbocycles. The van der Waals surface area contributed by atoms with E-state index < -0.39 is 0 Å². The van der Waals surface area contributed by atoms with E-state index in [1.54, 1.807) is 6.20 Å². The molecule has 0 spiro atoms. The molecule has 126 valence electrons. The van der Waals surface area contributed by atoms with Gasteiger partial charge < -0.3 is 5.32 Å². The molecule has 2 heterocycles. The van der Waals surface area contributed by atoms with E-state index in [0.29, 0.717) is 11.2 Å². The largest absolute Gasteiger partial charge is 0.314 e. The van der Waals surface area contributed by atoms with Crippen LogP contribution in [0.4, 0.5) is 0 Å². The van der Waals surface area contributed by atoms with Crippen LogP contribution in [0.5, 0.6) is 0 Å². The molecule has 0 unspecified atom stereocenters. The van der Waals surface area contributed by atoms with Crippen molar-refractivity contribution >= 4 is 36.4 Å². The molecule has 1 atom stereocenters. The van der Waals surface area contributed by atoms with Gasteiger partial charge in [0.1, 0.15) is 5.15 Å². The SMILES string of the molecule is Cl.Cl.Clc1ncccc1[C@H](C1CCCCC1)N1CCNCC1. The maximum atomic E-state index is 6.40. The highest BCUT2D eigenvalue weighted by Gasteiger charge is 2.32. The van der Waals surface area contributed by atoms with Gasteiger partial charge in [-0.15, -0.1) is 24.8 Å². The average Bonchev–Trinajstić information content (AvgIpc) is 2.52. The van der Waals surface area contributed by atoms with Crippen molar-refractivity contribution < 1.29 is 0 Å². The fourth-order valence-electron chi connectivity index (χ4n) is 3.78. The Labute approximate surface area is 151 Å². The van der Waals surface area contributed by atoms with Gasteiger partial charge >= 0.3 is 0 Å². The number of rotatable bonds is 3. The van der Waals surface area contributed by atoms with Crippen molar-refractivity contribution in [1.29, 1.82) is 0 Å². The van der Waals surface area contributed by atoms with Gasteiger partial charge in [-0.2, -0.15) is 0 Å². The standard InChI is InChI=1S/C16H24ClN3.2ClH/c17-16-14(7-4-8-19-16)15(13-5-2-1-3-6-13)20-11-9-18-10-12-20;;/h4,7-8,13,15,18H,1-3,5-6,9-12H2;2*1H/t15-;;/m0../s1. The van der Waals surface area contributed by atoms with Crippen molar-refractivity contribution in [2.75, 3.05) is 26.2 Å². The Morgan fingerprint density at radius 2 is 1.82 bits per heavy atom. The number of aromatic nitrogens is 1.